The molecule has 4 heteroatoms. The molecule has 0 spiro atoms. The monoisotopic (exact) mass is 262 g/mol. The van der Waals surface area contributed by atoms with Gasteiger partial charge < -0.3 is 18.9 Å². The average molecular weight is 262 g/mol. The van der Waals surface area contributed by atoms with Gasteiger partial charge in [-0.3, -0.25) is 0 Å². The molecule has 0 saturated carbocycles. The van der Waals surface area contributed by atoms with Crippen LogP contribution < -0.4 is 14.2 Å². The van der Waals surface area contributed by atoms with Gasteiger partial charge in [-0.25, -0.2) is 0 Å². The summed E-state index contributed by atoms with van der Waals surface area (Å²) in [5.74, 6) is 2.27. The minimum Gasteiger partial charge on any atom is -0.496 e. The predicted molar refractivity (Wildman–Crippen MR) is 74.3 cm³/mol. The maximum Gasteiger partial charge on any atom is 0.188 e. The summed E-state index contributed by atoms with van der Waals surface area (Å²) in [4.78, 5) is 0. The van der Waals surface area contributed by atoms with E-state index in [1.165, 1.54) is 0 Å². The fraction of sp³-hybridized carbons (Fsp3) is 0.333. The molecule has 0 aliphatic rings. The number of hydrogen-bond donors (Lipinski definition) is 0. The van der Waals surface area contributed by atoms with Crippen LogP contribution in [0.15, 0.2) is 24.3 Å². The number of hydrogen-bond acceptors (Lipinski definition) is 4. The first-order valence-electron chi connectivity index (χ1n) is 5.98. The standard InChI is InChI=1S/C15H18O4/c1-10-7-11-12(17-3)5-6-13(18-4)15(11)14(8-10)19-9-16-2/h5-8H,9H2,1-4H3. The zero-order chi connectivity index (χ0) is 13.8. The minimum atomic E-state index is 0.193. The summed E-state index contributed by atoms with van der Waals surface area (Å²) in [7, 11) is 4.89. The first kappa shape index (κ1) is 13.5. The fourth-order valence-electron chi connectivity index (χ4n) is 2.11. The van der Waals surface area contributed by atoms with Crippen LogP contribution in [0.5, 0.6) is 17.2 Å². The summed E-state index contributed by atoms with van der Waals surface area (Å²) in [5, 5.41) is 1.86. The summed E-state index contributed by atoms with van der Waals surface area (Å²) < 4.78 is 21.4. The molecule has 0 radical (unpaired) electrons. The van der Waals surface area contributed by atoms with E-state index in [1.807, 2.05) is 25.1 Å². The number of rotatable bonds is 5. The van der Waals surface area contributed by atoms with Gasteiger partial charge in [-0.2, -0.15) is 0 Å². The second-order valence-electron chi connectivity index (χ2n) is 4.21. The summed E-state index contributed by atoms with van der Waals surface area (Å²) >= 11 is 0. The van der Waals surface area contributed by atoms with Crippen molar-refractivity contribution in [2.75, 3.05) is 28.1 Å². The van der Waals surface area contributed by atoms with Gasteiger partial charge >= 0.3 is 0 Å². The molecule has 0 N–H and O–H groups in total. The Kier molecular flexibility index (Phi) is 4.12. The highest BCUT2D eigenvalue weighted by molar-refractivity contribution is 5.98. The Bertz CT molecular complexity index is 578. The second kappa shape index (κ2) is 5.80. The van der Waals surface area contributed by atoms with Crippen LogP contribution in [0.25, 0.3) is 10.8 Å². The fourth-order valence-corrected chi connectivity index (χ4v) is 2.11. The molecule has 0 heterocycles. The maximum atomic E-state index is 5.63. The third-order valence-electron chi connectivity index (χ3n) is 2.92. The normalized spacial score (nSPS) is 10.5. The second-order valence-corrected chi connectivity index (χ2v) is 4.21. The van der Waals surface area contributed by atoms with Crippen LogP contribution in [-0.2, 0) is 4.74 Å². The van der Waals surface area contributed by atoms with Crippen LogP contribution >= 0.6 is 0 Å². The van der Waals surface area contributed by atoms with E-state index in [2.05, 4.69) is 6.07 Å². The largest absolute Gasteiger partial charge is 0.496 e. The number of methoxy groups -OCH3 is 3. The summed E-state index contributed by atoms with van der Waals surface area (Å²) in [6, 6.07) is 7.77. The topological polar surface area (TPSA) is 36.9 Å². The van der Waals surface area contributed by atoms with E-state index < -0.39 is 0 Å². The molecular weight excluding hydrogens is 244 g/mol. The van der Waals surface area contributed by atoms with Crippen molar-refractivity contribution in [3.63, 3.8) is 0 Å². The Labute approximate surface area is 112 Å². The van der Waals surface area contributed by atoms with E-state index in [1.54, 1.807) is 21.3 Å². The van der Waals surface area contributed by atoms with E-state index in [9.17, 15) is 0 Å². The third kappa shape index (κ3) is 2.58. The summed E-state index contributed by atoms with van der Waals surface area (Å²) in [6.07, 6.45) is 0. The van der Waals surface area contributed by atoms with Gasteiger partial charge in [-0.1, -0.05) is 0 Å². The molecule has 0 unspecified atom stereocenters. The lowest BCUT2D eigenvalue weighted by atomic mass is 10.0. The number of ether oxygens (including phenoxy) is 4. The van der Waals surface area contributed by atoms with Crippen LogP contribution in [-0.4, -0.2) is 28.1 Å². The molecular formula is C15H18O4. The van der Waals surface area contributed by atoms with Crippen molar-refractivity contribution < 1.29 is 18.9 Å². The first-order chi connectivity index (χ1) is 9.21. The van der Waals surface area contributed by atoms with E-state index >= 15 is 0 Å². The van der Waals surface area contributed by atoms with Crippen molar-refractivity contribution in [1.82, 2.24) is 0 Å². The molecule has 2 aromatic rings. The molecule has 0 amide bonds. The van der Waals surface area contributed by atoms with Crippen LogP contribution in [0, 0.1) is 6.92 Å². The van der Waals surface area contributed by atoms with Gasteiger partial charge in [0.25, 0.3) is 0 Å². The SMILES string of the molecule is COCOc1cc(C)cc2c(OC)ccc(OC)c12. The van der Waals surface area contributed by atoms with Gasteiger partial charge in [0.2, 0.25) is 0 Å². The number of benzene rings is 2. The maximum absolute atomic E-state index is 5.63. The van der Waals surface area contributed by atoms with Crippen LogP contribution in [0.3, 0.4) is 0 Å². The van der Waals surface area contributed by atoms with Crippen molar-refractivity contribution in [3.8, 4) is 17.2 Å². The molecule has 102 valence electrons. The van der Waals surface area contributed by atoms with Crippen LogP contribution in [0.4, 0.5) is 0 Å². The average Bonchev–Trinajstić information content (AvgIpc) is 2.43. The Hall–Kier alpha value is -1.94. The molecule has 0 fully saturated rings. The van der Waals surface area contributed by atoms with Crippen LogP contribution in [0.2, 0.25) is 0 Å². The highest BCUT2D eigenvalue weighted by atomic mass is 16.7. The van der Waals surface area contributed by atoms with Crippen molar-refractivity contribution in [1.29, 1.82) is 0 Å². The Morgan fingerprint density at radius 1 is 0.895 bits per heavy atom. The lowest BCUT2D eigenvalue weighted by Crippen LogP contribution is -2.01. The summed E-state index contributed by atoms with van der Waals surface area (Å²) in [6.45, 7) is 2.21. The molecule has 2 rings (SSSR count). The molecule has 19 heavy (non-hydrogen) atoms. The lowest BCUT2D eigenvalue weighted by Gasteiger charge is -2.15. The van der Waals surface area contributed by atoms with Crippen molar-refractivity contribution in [2.24, 2.45) is 0 Å². The van der Waals surface area contributed by atoms with E-state index in [0.717, 1.165) is 33.6 Å². The number of fused-ring (bicyclic) bond motifs is 1. The van der Waals surface area contributed by atoms with Gasteiger partial charge in [-0.15, -0.1) is 0 Å². The zero-order valence-electron chi connectivity index (χ0n) is 11.6. The quantitative estimate of drug-likeness (QED) is 0.776. The molecule has 0 aliphatic heterocycles. The van der Waals surface area contributed by atoms with Gasteiger partial charge in [0.15, 0.2) is 6.79 Å². The Morgan fingerprint density at radius 2 is 1.58 bits per heavy atom. The predicted octanol–water partition coefficient (Wildman–Crippen LogP) is 3.15. The third-order valence-corrected chi connectivity index (χ3v) is 2.92. The molecule has 0 aliphatic carbocycles. The van der Waals surface area contributed by atoms with E-state index in [-0.39, 0.29) is 6.79 Å². The first-order valence-corrected chi connectivity index (χ1v) is 5.98. The van der Waals surface area contributed by atoms with Gasteiger partial charge in [0.1, 0.15) is 17.2 Å². The molecule has 0 bridgehead atoms. The van der Waals surface area contributed by atoms with Gasteiger partial charge in [0.05, 0.1) is 19.6 Å². The van der Waals surface area contributed by atoms with Gasteiger partial charge in [0, 0.05) is 12.5 Å². The highest BCUT2D eigenvalue weighted by Crippen LogP contribution is 2.40. The summed E-state index contributed by atoms with van der Waals surface area (Å²) in [5.41, 5.74) is 1.09. The highest BCUT2D eigenvalue weighted by Gasteiger charge is 2.13. The molecule has 2 aromatic carbocycles. The van der Waals surface area contributed by atoms with Crippen molar-refractivity contribution in [2.45, 2.75) is 6.92 Å². The molecule has 0 aromatic heterocycles. The van der Waals surface area contributed by atoms with Crippen LogP contribution in [0.1, 0.15) is 5.56 Å². The van der Waals surface area contributed by atoms with E-state index in [0.29, 0.717) is 0 Å². The zero-order valence-corrected chi connectivity index (χ0v) is 11.6. The molecule has 4 nitrogen and oxygen atoms in total. The lowest BCUT2D eigenvalue weighted by molar-refractivity contribution is 0.0521. The Balaban J connectivity index is 2.71. The van der Waals surface area contributed by atoms with Crippen molar-refractivity contribution in [3.05, 3.63) is 29.8 Å². The van der Waals surface area contributed by atoms with Crippen molar-refractivity contribution >= 4 is 10.8 Å². The molecule has 0 atom stereocenters. The van der Waals surface area contributed by atoms with Gasteiger partial charge in [-0.05, 0) is 36.8 Å². The number of aryl methyl sites for hydroxylation is 1. The smallest absolute Gasteiger partial charge is 0.188 e. The minimum absolute atomic E-state index is 0.193. The Morgan fingerprint density at radius 3 is 2.21 bits per heavy atom. The van der Waals surface area contributed by atoms with E-state index in [4.69, 9.17) is 18.9 Å². The molecule has 0 saturated heterocycles.